The first-order valence-corrected chi connectivity index (χ1v) is 1.94. The van der Waals surface area contributed by atoms with Gasteiger partial charge in [-0.2, -0.15) is 0 Å². The third kappa shape index (κ3) is 9.17. The minimum Gasteiger partial charge on any atom is -0.288 e. The molecule has 0 aromatic carbocycles. The average molecular weight is 129 g/mol. The molecule has 0 atom stereocenters. The first-order chi connectivity index (χ1) is 2.27. The molecule has 0 saturated heterocycles. The number of hydrogen-bond acceptors (Lipinski definition) is 1. The number of carbonyl (C=O) groups excluding carboxylic acids is 1. The molecule has 0 aliphatic heterocycles. The zero-order valence-electron chi connectivity index (χ0n) is 4.06. The van der Waals surface area contributed by atoms with Crippen molar-refractivity contribution in [1.82, 2.24) is 0 Å². The maximum Gasteiger partial charge on any atom is 0.185 e. The van der Waals surface area contributed by atoms with Crippen molar-refractivity contribution in [2.45, 2.75) is 13.3 Å². The number of thiol groups is 1. The van der Waals surface area contributed by atoms with Crippen LogP contribution in [0.15, 0.2) is 0 Å². The van der Waals surface area contributed by atoms with E-state index in [1.807, 2.05) is 0 Å². The second kappa shape index (κ2) is 6.66. The number of carbonyl (C=O) groups is 1. The predicted octanol–water partition coefficient (Wildman–Crippen LogP) is 0.472. The zero-order valence-corrected chi connectivity index (χ0v) is 8.08. The summed E-state index contributed by atoms with van der Waals surface area (Å²) >= 11 is 3.46. The van der Waals surface area contributed by atoms with Gasteiger partial charge in [0.1, 0.15) is 0 Å². The summed E-state index contributed by atoms with van der Waals surface area (Å²) in [5.74, 6) is 0. The summed E-state index contributed by atoms with van der Waals surface area (Å²) in [4.78, 5) is 9.68. The van der Waals surface area contributed by atoms with E-state index in [9.17, 15) is 4.79 Å². The minimum atomic E-state index is -0.0509. The second-order valence-corrected chi connectivity index (χ2v) is 1.25. The van der Waals surface area contributed by atoms with Gasteiger partial charge >= 0.3 is 0 Å². The van der Waals surface area contributed by atoms with Crippen LogP contribution in [0.25, 0.3) is 0 Å². The molecule has 6 heavy (non-hydrogen) atoms. The van der Waals surface area contributed by atoms with Crippen LogP contribution in [0.5, 0.6) is 0 Å². The fourth-order valence-electron chi connectivity index (χ4n) is 0. The van der Waals surface area contributed by atoms with E-state index in [-0.39, 0.29) is 56.5 Å². The van der Waals surface area contributed by atoms with Crippen LogP contribution in [0.3, 0.4) is 0 Å². The van der Waals surface area contributed by atoms with Gasteiger partial charge in [-0.05, 0) is 0 Å². The molecule has 0 aromatic rings. The molecular formula is C3H6KOS. The second-order valence-electron chi connectivity index (χ2n) is 0.747. The van der Waals surface area contributed by atoms with E-state index in [2.05, 4.69) is 12.6 Å². The van der Waals surface area contributed by atoms with Crippen molar-refractivity contribution in [3.05, 3.63) is 0 Å². The predicted molar refractivity (Wildman–Crippen MR) is 30.0 cm³/mol. The summed E-state index contributed by atoms with van der Waals surface area (Å²) in [6.45, 7) is 1.77. The molecular weight excluding hydrogens is 123 g/mol. The quantitative estimate of drug-likeness (QED) is 0.402. The number of rotatable bonds is 1. The molecule has 31 valence electrons. The van der Waals surface area contributed by atoms with Crippen LogP contribution in [-0.2, 0) is 4.79 Å². The van der Waals surface area contributed by atoms with Gasteiger partial charge in [0.25, 0.3) is 0 Å². The number of hydrogen-bond donors (Lipinski definition) is 1. The van der Waals surface area contributed by atoms with Crippen molar-refractivity contribution >= 4 is 69.1 Å². The molecule has 0 heterocycles. The molecule has 0 rings (SSSR count). The molecule has 0 amide bonds. The van der Waals surface area contributed by atoms with E-state index in [1.165, 1.54) is 0 Å². The molecule has 0 saturated carbocycles. The van der Waals surface area contributed by atoms with Gasteiger partial charge in [0.2, 0.25) is 0 Å². The molecule has 3 heteroatoms. The third-order valence-corrected chi connectivity index (χ3v) is 0.619. The molecule has 0 aliphatic rings. The summed E-state index contributed by atoms with van der Waals surface area (Å²) in [6.07, 6.45) is 0.531. The maximum atomic E-state index is 9.68. The van der Waals surface area contributed by atoms with Gasteiger partial charge in [0.15, 0.2) is 5.12 Å². The van der Waals surface area contributed by atoms with E-state index in [0.29, 0.717) is 6.42 Å². The van der Waals surface area contributed by atoms with Crippen molar-refractivity contribution < 1.29 is 4.79 Å². The Morgan fingerprint density at radius 1 is 1.83 bits per heavy atom. The standard InChI is InChI=1S/C3H6OS.K/c1-2-3(4)5;/h2H2,1H3,(H,4,5);. The molecule has 1 nitrogen and oxygen atoms in total. The normalized spacial score (nSPS) is 6.33. The Morgan fingerprint density at radius 3 is 2.00 bits per heavy atom. The van der Waals surface area contributed by atoms with E-state index in [0.717, 1.165) is 0 Å². The van der Waals surface area contributed by atoms with Gasteiger partial charge < -0.3 is 0 Å². The van der Waals surface area contributed by atoms with Gasteiger partial charge in [-0.1, -0.05) is 6.92 Å². The van der Waals surface area contributed by atoms with E-state index < -0.39 is 0 Å². The SMILES string of the molecule is CCC(=O)S.[K]. The fraction of sp³-hybridized carbons (Fsp3) is 0.667. The fourth-order valence-corrected chi connectivity index (χ4v) is 0. The van der Waals surface area contributed by atoms with Crippen molar-refractivity contribution in [3.63, 3.8) is 0 Å². The van der Waals surface area contributed by atoms with E-state index in [4.69, 9.17) is 0 Å². The Balaban J connectivity index is 0. The van der Waals surface area contributed by atoms with Gasteiger partial charge in [0.05, 0.1) is 0 Å². The third-order valence-electron chi connectivity index (χ3n) is 0.302. The van der Waals surface area contributed by atoms with Gasteiger partial charge in [-0.15, -0.1) is 12.6 Å². The molecule has 0 spiro atoms. The maximum absolute atomic E-state index is 9.68. The molecule has 0 fully saturated rings. The van der Waals surface area contributed by atoms with E-state index >= 15 is 0 Å². The van der Waals surface area contributed by atoms with Crippen LogP contribution in [0.1, 0.15) is 13.3 Å². The smallest absolute Gasteiger partial charge is 0.185 e. The topological polar surface area (TPSA) is 17.1 Å². The Hall–Kier alpha value is 1.66. The van der Waals surface area contributed by atoms with Crippen LogP contribution >= 0.6 is 12.6 Å². The Bertz CT molecular complexity index is 46.1. The van der Waals surface area contributed by atoms with Crippen LogP contribution < -0.4 is 0 Å². The summed E-state index contributed by atoms with van der Waals surface area (Å²) in [6, 6.07) is 0. The van der Waals surface area contributed by atoms with Crippen molar-refractivity contribution in [3.8, 4) is 0 Å². The summed E-state index contributed by atoms with van der Waals surface area (Å²) in [7, 11) is 0. The summed E-state index contributed by atoms with van der Waals surface area (Å²) < 4.78 is 0. The van der Waals surface area contributed by atoms with Crippen molar-refractivity contribution in [1.29, 1.82) is 0 Å². The zero-order chi connectivity index (χ0) is 4.28. The molecule has 0 bridgehead atoms. The molecule has 0 N–H and O–H groups in total. The van der Waals surface area contributed by atoms with Crippen molar-refractivity contribution in [2.75, 3.05) is 0 Å². The summed E-state index contributed by atoms with van der Waals surface area (Å²) in [5.41, 5.74) is 0. The van der Waals surface area contributed by atoms with E-state index in [1.54, 1.807) is 6.92 Å². The molecule has 0 aliphatic carbocycles. The summed E-state index contributed by atoms with van der Waals surface area (Å²) in [5, 5.41) is -0.0509. The average Bonchev–Trinajstić information content (AvgIpc) is 1.38. The van der Waals surface area contributed by atoms with Crippen LogP contribution in [0.4, 0.5) is 0 Å². The largest absolute Gasteiger partial charge is 0.288 e. The minimum absolute atomic E-state index is 0. The van der Waals surface area contributed by atoms with Crippen LogP contribution in [0, 0.1) is 0 Å². The van der Waals surface area contributed by atoms with Crippen molar-refractivity contribution in [2.24, 2.45) is 0 Å². The first-order valence-electron chi connectivity index (χ1n) is 1.49. The molecule has 0 unspecified atom stereocenters. The van der Waals surface area contributed by atoms with Crippen LogP contribution in [0.2, 0.25) is 0 Å². The monoisotopic (exact) mass is 129 g/mol. The Morgan fingerprint density at radius 2 is 2.00 bits per heavy atom. The Labute approximate surface area is 85.7 Å². The van der Waals surface area contributed by atoms with Gasteiger partial charge in [-0.25, -0.2) is 0 Å². The van der Waals surface area contributed by atoms with Crippen LogP contribution in [-0.4, -0.2) is 56.5 Å². The molecule has 0 aromatic heterocycles. The van der Waals surface area contributed by atoms with Gasteiger partial charge in [0, 0.05) is 57.8 Å². The Kier molecular flexibility index (Phi) is 11.8. The van der Waals surface area contributed by atoms with Gasteiger partial charge in [-0.3, -0.25) is 4.79 Å². The first kappa shape index (κ1) is 10.6. The molecule has 1 radical (unpaired) electrons.